The zero-order valence-corrected chi connectivity index (χ0v) is 10.1. The number of nitrogens with two attached hydrogens (primary N) is 1. The number of pyridine rings is 1. The third-order valence-corrected chi connectivity index (χ3v) is 2.69. The van der Waals surface area contributed by atoms with Crippen LogP contribution in [0.1, 0.15) is 16.7 Å². The highest BCUT2D eigenvalue weighted by Crippen LogP contribution is 2.24. The molecule has 88 valence electrons. The van der Waals surface area contributed by atoms with Gasteiger partial charge in [-0.15, -0.1) is 0 Å². The molecule has 1 aromatic carbocycles. The van der Waals surface area contributed by atoms with E-state index in [1.54, 1.807) is 6.20 Å². The molecule has 0 saturated carbocycles. The summed E-state index contributed by atoms with van der Waals surface area (Å²) in [4.78, 5) is 4.23. The van der Waals surface area contributed by atoms with E-state index < -0.39 is 0 Å². The van der Waals surface area contributed by atoms with Crippen molar-refractivity contribution in [2.45, 2.75) is 20.4 Å². The number of rotatable bonds is 3. The van der Waals surface area contributed by atoms with Crippen molar-refractivity contribution in [1.82, 2.24) is 4.98 Å². The molecular weight excluding hydrogens is 212 g/mol. The second kappa shape index (κ2) is 4.97. The average Bonchev–Trinajstić information content (AvgIpc) is 2.32. The first kappa shape index (κ1) is 11.6. The number of aryl methyl sites for hydroxylation is 2. The van der Waals surface area contributed by atoms with E-state index in [1.165, 1.54) is 5.56 Å². The van der Waals surface area contributed by atoms with Gasteiger partial charge in [-0.1, -0.05) is 17.7 Å². The van der Waals surface area contributed by atoms with Gasteiger partial charge in [-0.25, -0.2) is 4.98 Å². The number of hydrogen-bond acceptors (Lipinski definition) is 3. The van der Waals surface area contributed by atoms with Gasteiger partial charge in [0.2, 0.25) is 5.88 Å². The predicted molar refractivity (Wildman–Crippen MR) is 68.1 cm³/mol. The molecule has 2 rings (SSSR count). The highest BCUT2D eigenvalue weighted by atomic mass is 16.5. The Morgan fingerprint density at radius 3 is 2.47 bits per heavy atom. The smallest absolute Gasteiger partial charge is 0.223 e. The van der Waals surface area contributed by atoms with Gasteiger partial charge in [0, 0.05) is 18.3 Å². The quantitative estimate of drug-likeness (QED) is 0.878. The predicted octanol–water partition coefficient (Wildman–Crippen LogP) is 2.95. The fourth-order valence-corrected chi connectivity index (χ4v) is 1.62. The lowest BCUT2D eigenvalue weighted by Gasteiger charge is -2.10. The van der Waals surface area contributed by atoms with Crippen LogP contribution >= 0.6 is 0 Å². The van der Waals surface area contributed by atoms with Crippen LogP contribution in [-0.2, 0) is 6.54 Å². The van der Waals surface area contributed by atoms with Crippen LogP contribution in [0.25, 0.3) is 0 Å². The summed E-state index contributed by atoms with van der Waals surface area (Å²) in [5.41, 5.74) is 8.97. The molecular formula is C14H16N2O. The molecule has 0 saturated heterocycles. The van der Waals surface area contributed by atoms with Gasteiger partial charge in [0.1, 0.15) is 5.75 Å². The third kappa shape index (κ3) is 2.63. The van der Waals surface area contributed by atoms with Gasteiger partial charge in [0.25, 0.3) is 0 Å². The molecule has 2 N–H and O–H groups in total. The Morgan fingerprint density at radius 1 is 1.12 bits per heavy atom. The van der Waals surface area contributed by atoms with Crippen LogP contribution < -0.4 is 10.5 Å². The molecule has 0 fully saturated rings. The van der Waals surface area contributed by atoms with E-state index in [4.69, 9.17) is 10.5 Å². The topological polar surface area (TPSA) is 48.1 Å². The molecule has 17 heavy (non-hydrogen) atoms. The summed E-state index contributed by atoms with van der Waals surface area (Å²) in [6.45, 7) is 4.48. The molecule has 0 bridgehead atoms. The van der Waals surface area contributed by atoms with Crippen LogP contribution in [-0.4, -0.2) is 4.98 Å². The van der Waals surface area contributed by atoms with Crippen LogP contribution in [0.4, 0.5) is 0 Å². The van der Waals surface area contributed by atoms with Gasteiger partial charge in [-0.3, -0.25) is 0 Å². The summed E-state index contributed by atoms with van der Waals surface area (Å²) in [6, 6.07) is 9.81. The maximum Gasteiger partial charge on any atom is 0.223 e. The number of aromatic nitrogens is 1. The Bertz CT molecular complexity index is 506. The fraction of sp³-hybridized carbons (Fsp3) is 0.214. The molecule has 1 aromatic heterocycles. The van der Waals surface area contributed by atoms with Crippen LogP contribution in [0.3, 0.4) is 0 Å². The molecule has 2 aromatic rings. The first-order valence-corrected chi connectivity index (χ1v) is 5.60. The number of nitrogens with zero attached hydrogens (tertiary/aromatic N) is 1. The van der Waals surface area contributed by atoms with Crippen molar-refractivity contribution in [1.29, 1.82) is 0 Å². The highest BCUT2D eigenvalue weighted by molar-refractivity contribution is 5.37. The van der Waals surface area contributed by atoms with E-state index in [1.807, 2.05) is 44.2 Å². The maximum absolute atomic E-state index is 5.75. The van der Waals surface area contributed by atoms with Crippen LogP contribution in [0.15, 0.2) is 36.5 Å². The van der Waals surface area contributed by atoms with Gasteiger partial charge in [0.05, 0.1) is 0 Å². The largest absolute Gasteiger partial charge is 0.439 e. The first-order valence-electron chi connectivity index (χ1n) is 5.60. The van der Waals surface area contributed by atoms with Crippen LogP contribution in [0.5, 0.6) is 11.6 Å². The molecule has 0 amide bonds. The van der Waals surface area contributed by atoms with Gasteiger partial charge < -0.3 is 10.5 Å². The van der Waals surface area contributed by atoms with E-state index in [0.29, 0.717) is 12.4 Å². The van der Waals surface area contributed by atoms with Gasteiger partial charge in [0.15, 0.2) is 0 Å². The Labute approximate surface area is 101 Å². The zero-order chi connectivity index (χ0) is 12.3. The second-order valence-electron chi connectivity index (χ2n) is 4.03. The SMILES string of the molecule is Cc1ccc(Oc2nccc(C)c2CN)cc1. The summed E-state index contributed by atoms with van der Waals surface area (Å²) >= 11 is 0. The molecule has 3 heteroatoms. The summed E-state index contributed by atoms with van der Waals surface area (Å²) in [5.74, 6) is 1.37. The van der Waals surface area contributed by atoms with E-state index in [0.717, 1.165) is 16.9 Å². The van der Waals surface area contributed by atoms with E-state index in [9.17, 15) is 0 Å². The number of hydrogen-bond donors (Lipinski definition) is 1. The summed E-state index contributed by atoms with van der Waals surface area (Å²) in [6.07, 6.45) is 1.73. The highest BCUT2D eigenvalue weighted by Gasteiger charge is 2.07. The molecule has 0 radical (unpaired) electrons. The molecule has 0 aliphatic carbocycles. The van der Waals surface area contributed by atoms with Crippen molar-refractivity contribution >= 4 is 0 Å². The van der Waals surface area contributed by atoms with Crippen LogP contribution in [0, 0.1) is 13.8 Å². The maximum atomic E-state index is 5.75. The Hall–Kier alpha value is -1.87. The molecule has 0 unspecified atom stereocenters. The summed E-state index contributed by atoms with van der Waals surface area (Å²) < 4.78 is 5.75. The standard InChI is InChI=1S/C14H16N2O/c1-10-3-5-12(6-4-10)17-14-13(9-15)11(2)7-8-16-14/h3-8H,9,15H2,1-2H3. The Balaban J connectivity index is 2.29. The van der Waals surface area contributed by atoms with Crippen molar-refractivity contribution in [3.05, 3.63) is 53.2 Å². The Morgan fingerprint density at radius 2 is 1.82 bits per heavy atom. The monoisotopic (exact) mass is 228 g/mol. The summed E-state index contributed by atoms with van der Waals surface area (Å²) in [5, 5.41) is 0. The lowest BCUT2D eigenvalue weighted by atomic mass is 10.1. The molecule has 0 spiro atoms. The average molecular weight is 228 g/mol. The third-order valence-electron chi connectivity index (χ3n) is 2.69. The first-order chi connectivity index (χ1) is 8.20. The van der Waals surface area contributed by atoms with Crippen molar-refractivity contribution in [3.63, 3.8) is 0 Å². The molecule has 0 aliphatic rings. The number of ether oxygens (including phenoxy) is 1. The van der Waals surface area contributed by atoms with Crippen molar-refractivity contribution in [3.8, 4) is 11.6 Å². The van der Waals surface area contributed by atoms with Gasteiger partial charge in [-0.05, 0) is 37.6 Å². The normalized spacial score (nSPS) is 10.3. The molecule has 3 nitrogen and oxygen atoms in total. The van der Waals surface area contributed by atoms with Crippen LogP contribution in [0.2, 0.25) is 0 Å². The molecule has 1 heterocycles. The van der Waals surface area contributed by atoms with E-state index >= 15 is 0 Å². The lowest BCUT2D eigenvalue weighted by molar-refractivity contribution is 0.455. The van der Waals surface area contributed by atoms with Crippen molar-refractivity contribution in [2.75, 3.05) is 0 Å². The molecule has 0 atom stereocenters. The Kier molecular flexibility index (Phi) is 3.40. The van der Waals surface area contributed by atoms with Gasteiger partial charge >= 0.3 is 0 Å². The lowest BCUT2D eigenvalue weighted by Crippen LogP contribution is -2.03. The zero-order valence-electron chi connectivity index (χ0n) is 10.1. The minimum absolute atomic E-state index is 0.431. The molecule has 0 aliphatic heterocycles. The summed E-state index contributed by atoms with van der Waals surface area (Å²) in [7, 11) is 0. The van der Waals surface area contributed by atoms with Crippen molar-refractivity contribution < 1.29 is 4.74 Å². The van der Waals surface area contributed by atoms with E-state index in [2.05, 4.69) is 4.98 Å². The number of benzene rings is 1. The minimum Gasteiger partial charge on any atom is -0.439 e. The van der Waals surface area contributed by atoms with E-state index in [-0.39, 0.29) is 0 Å². The minimum atomic E-state index is 0.431. The van der Waals surface area contributed by atoms with Gasteiger partial charge in [-0.2, -0.15) is 0 Å². The fourth-order valence-electron chi connectivity index (χ4n) is 1.62. The van der Waals surface area contributed by atoms with Crippen molar-refractivity contribution in [2.24, 2.45) is 5.73 Å². The second-order valence-corrected chi connectivity index (χ2v) is 4.03.